The molecule has 1 aromatic heterocycles. The number of anilines is 1. The molecule has 3 N–H and O–H groups in total. The molecule has 1 aromatic carbocycles. The number of furan rings is 1. The van der Waals surface area contributed by atoms with Gasteiger partial charge in [0.2, 0.25) is 11.8 Å². The maximum Gasteiger partial charge on any atom is 0.342 e. The second-order valence-corrected chi connectivity index (χ2v) is 5.36. The summed E-state index contributed by atoms with van der Waals surface area (Å²) in [6.45, 7) is 3.28. The van der Waals surface area contributed by atoms with E-state index in [4.69, 9.17) is 14.9 Å². The van der Waals surface area contributed by atoms with Crippen molar-refractivity contribution in [2.75, 3.05) is 11.9 Å². The van der Waals surface area contributed by atoms with Gasteiger partial charge in [-0.1, -0.05) is 30.3 Å². The van der Waals surface area contributed by atoms with Crippen LogP contribution in [0, 0.1) is 6.92 Å². The van der Waals surface area contributed by atoms with E-state index in [2.05, 4.69) is 5.32 Å². The van der Waals surface area contributed by atoms with Crippen LogP contribution < -0.4 is 11.1 Å². The van der Waals surface area contributed by atoms with Gasteiger partial charge in [0, 0.05) is 6.42 Å². The third kappa shape index (κ3) is 4.47. The highest BCUT2D eigenvalue weighted by Crippen LogP contribution is 2.27. The van der Waals surface area contributed by atoms with Crippen molar-refractivity contribution >= 4 is 23.7 Å². The lowest BCUT2D eigenvalue weighted by atomic mass is 10.1. The number of carbonyl (C=O) groups excluding carboxylic acids is 3. The second kappa shape index (κ2) is 8.14. The molecule has 0 saturated carbocycles. The highest BCUT2D eigenvalue weighted by molar-refractivity contribution is 6.10. The number of aryl methyl sites for hydroxylation is 2. The molecule has 7 nitrogen and oxygen atoms in total. The molecule has 0 fully saturated rings. The highest BCUT2D eigenvalue weighted by Gasteiger charge is 2.28. The van der Waals surface area contributed by atoms with Gasteiger partial charge in [0.05, 0.1) is 6.61 Å². The molecule has 1 heterocycles. The molecular weight excluding hydrogens is 324 g/mol. The first kappa shape index (κ1) is 18.3. The molecule has 0 unspecified atom stereocenters. The van der Waals surface area contributed by atoms with Crippen LogP contribution in [0.15, 0.2) is 34.7 Å². The van der Waals surface area contributed by atoms with E-state index >= 15 is 0 Å². The maximum atomic E-state index is 12.1. The minimum atomic E-state index is -0.877. The van der Waals surface area contributed by atoms with Gasteiger partial charge in [-0.05, 0) is 25.8 Å². The van der Waals surface area contributed by atoms with Crippen LogP contribution in [0.2, 0.25) is 0 Å². The lowest BCUT2D eigenvalue weighted by molar-refractivity contribution is -0.116. The first-order chi connectivity index (χ1) is 11.9. The number of ether oxygens (including phenoxy) is 1. The van der Waals surface area contributed by atoms with Gasteiger partial charge in [0.1, 0.15) is 16.9 Å². The minimum absolute atomic E-state index is 0.0623. The number of rotatable bonds is 7. The Morgan fingerprint density at radius 3 is 2.44 bits per heavy atom. The number of carbonyl (C=O) groups is 3. The maximum absolute atomic E-state index is 12.1. The van der Waals surface area contributed by atoms with Gasteiger partial charge >= 0.3 is 5.97 Å². The molecule has 0 aliphatic heterocycles. The Bertz CT molecular complexity index is 780. The number of nitrogens with one attached hydrogen (secondary N) is 1. The smallest absolute Gasteiger partial charge is 0.342 e. The van der Waals surface area contributed by atoms with Crippen molar-refractivity contribution in [2.45, 2.75) is 26.7 Å². The Balaban J connectivity index is 2.15. The normalized spacial score (nSPS) is 10.3. The van der Waals surface area contributed by atoms with Crippen LogP contribution >= 0.6 is 0 Å². The summed E-state index contributed by atoms with van der Waals surface area (Å²) in [5.41, 5.74) is 6.12. The summed E-state index contributed by atoms with van der Waals surface area (Å²) in [5.74, 6) is -1.92. The Morgan fingerprint density at radius 2 is 1.84 bits per heavy atom. The van der Waals surface area contributed by atoms with E-state index < -0.39 is 11.9 Å². The number of esters is 1. The van der Waals surface area contributed by atoms with Gasteiger partial charge in [-0.2, -0.15) is 0 Å². The van der Waals surface area contributed by atoms with Crippen molar-refractivity contribution in [3.05, 3.63) is 52.8 Å². The number of hydrogen-bond acceptors (Lipinski definition) is 5. The quantitative estimate of drug-likeness (QED) is 0.749. The number of benzene rings is 1. The average molecular weight is 344 g/mol. The van der Waals surface area contributed by atoms with Gasteiger partial charge in [-0.25, -0.2) is 4.79 Å². The Kier molecular flexibility index (Phi) is 5.94. The van der Waals surface area contributed by atoms with Gasteiger partial charge in [-0.3, -0.25) is 14.9 Å². The van der Waals surface area contributed by atoms with Gasteiger partial charge in [0.25, 0.3) is 5.91 Å². The summed E-state index contributed by atoms with van der Waals surface area (Å²) < 4.78 is 10.3. The fourth-order valence-corrected chi connectivity index (χ4v) is 2.41. The summed E-state index contributed by atoms with van der Waals surface area (Å²) in [5, 5.41) is 2.51. The van der Waals surface area contributed by atoms with Crippen LogP contribution in [0.1, 0.15) is 45.4 Å². The number of amides is 2. The predicted octanol–water partition coefficient (Wildman–Crippen LogP) is 2.43. The summed E-state index contributed by atoms with van der Waals surface area (Å²) in [6.07, 6.45) is 0.722. The molecule has 0 saturated heterocycles. The van der Waals surface area contributed by atoms with Crippen molar-refractivity contribution < 1.29 is 23.5 Å². The number of primary amides is 1. The molecule has 0 aliphatic rings. The van der Waals surface area contributed by atoms with Crippen molar-refractivity contribution in [1.82, 2.24) is 0 Å². The van der Waals surface area contributed by atoms with Crippen LogP contribution in [0.25, 0.3) is 0 Å². The lowest BCUT2D eigenvalue weighted by Crippen LogP contribution is -2.20. The average Bonchev–Trinajstić information content (AvgIpc) is 2.90. The van der Waals surface area contributed by atoms with E-state index in [0.29, 0.717) is 6.42 Å². The van der Waals surface area contributed by atoms with E-state index in [-0.39, 0.29) is 41.7 Å². The van der Waals surface area contributed by atoms with Crippen LogP contribution in [-0.2, 0) is 16.0 Å². The first-order valence-electron chi connectivity index (χ1n) is 7.88. The molecule has 0 radical (unpaired) electrons. The zero-order valence-electron chi connectivity index (χ0n) is 14.1. The van der Waals surface area contributed by atoms with E-state index in [1.165, 1.54) is 6.92 Å². The van der Waals surface area contributed by atoms with Crippen molar-refractivity contribution in [2.24, 2.45) is 5.73 Å². The fraction of sp³-hybridized carbons (Fsp3) is 0.278. The predicted molar refractivity (Wildman–Crippen MR) is 91.3 cm³/mol. The molecule has 0 spiro atoms. The summed E-state index contributed by atoms with van der Waals surface area (Å²) in [7, 11) is 0. The molecule has 0 atom stereocenters. The summed E-state index contributed by atoms with van der Waals surface area (Å²) >= 11 is 0. The van der Waals surface area contributed by atoms with Gasteiger partial charge in [-0.15, -0.1) is 0 Å². The van der Waals surface area contributed by atoms with Crippen molar-refractivity contribution in [1.29, 1.82) is 0 Å². The number of nitrogens with two attached hydrogens (primary N) is 1. The zero-order valence-corrected chi connectivity index (χ0v) is 14.1. The molecule has 2 aromatic rings. The van der Waals surface area contributed by atoms with Crippen LogP contribution in [0.5, 0.6) is 0 Å². The lowest BCUT2D eigenvalue weighted by Gasteiger charge is -2.05. The van der Waals surface area contributed by atoms with Crippen molar-refractivity contribution in [3.63, 3.8) is 0 Å². The van der Waals surface area contributed by atoms with Gasteiger partial charge in [0.15, 0.2) is 0 Å². The third-order valence-corrected chi connectivity index (χ3v) is 3.55. The molecule has 0 aliphatic carbocycles. The Labute approximate surface area is 145 Å². The van der Waals surface area contributed by atoms with Crippen LogP contribution in [-0.4, -0.2) is 24.4 Å². The molecule has 7 heteroatoms. The second-order valence-electron chi connectivity index (χ2n) is 5.36. The SMILES string of the molecule is CCOC(=O)c1c(C)oc(NC(=O)CCc2ccccc2)c1C(N)=O. The van der Waals surface area contributed by atoms with E-state index in [1.54, 1.807) is 6.92 Å². The number of hydrogen-bond donors (Lipinski definition) is 2. The standard InChI is InChI=1S/C18H20N2O5/c1-3-24-18(23)14-11(2)25-17(15(14)16(19)22)20-13(21)10-9-12-7-5-4-6-8-12/h4-8H,3,9-10H2,1-2H3,(H2,19,22)(H,20,21). The highest BCUT2D eigenvalue weighted by atomic mass is 16.5. The van der Waals surface area contributed by atoms with E-state index in [1.807, 2.05) is 30.3 Å². The van der Waals surface area contributed by atoms with Crippen LogP contribution in [0.3, 0.4) is 0 Å². The molecule has 2 rings (SSSR count). The molecule has 132 valence electrons. The Morgan fingerprint density at radius 1 is 1.16 bits per heavy atom. The largest absolute Gasteiger partial charge is 0.462 e. The molecule has 25 heavy (non-hydrogen) atoms. The van der Waals surface area contributed by atoms with Crippen LogP contribution in [0.4, 0.5) is 5.88 Å². The first-order valence-corrected chi connectivity index (χ1v) is 7.88. The monoisotopic (exact) mass is 344 g/mol. The molecule has 0 bridgehead atoms. The van der Waals surface area contributed by atoms with Crippen molar-refractivity contribution in [3.8, 4) is 0 Å². The van der Waals surface area contributed by atoms with Gasteiger partial charge < -0.3 is 14.9 Å². The molecular formula is C18H20N2O5. The van der Waals surface area contributed by atoms with E-state index in [9.17, 15) is 14.4 Å². The third-order valence-electron chi connectivity index (χ3n) is 3.55. The zero-order chi connectivity index (χ0) is 18.4. The Hall–Kier alpha value is -3.09. The summed E-state index contributed by atoms with van der Waals surface area (Å²) in [6, 6.07) is 9.50. The van der Waals surface area contributed by atoms with E-state index in [0.717, 1.165) is 5.56 Å². The summed E-state index contributed by atoms with van der Waals surface area (Å²) in [4.78, 5) is 35.9. The minimum Gasteiger partial charge on any atom is -0.462 e. The topological polar surface area (TPSA) is 112 Å². The fourth-order valence-electron chi connectivity index (χ4n) is 2.41. The molecule has 2 amide bonds.